The van der Waals surface area contributed by atoms with Crippen LogP contribution in [0.4, 0.5) is 0 Å². The van der Waals surface area contributed by atoms with E-state index in [-0.39, 0.29) is 5.60 Å². The van der Waals surface area contributed by atoms with Crippen LogP contribution in [0, 0.1) is 5.92 Å². The number of rotatable bonds is 0. The van der Waals surface area contributed by atoms with Gasteiger partial charge in [-0.1, -0.05) is 0 Å². The van der Waals surface area contributed by atoms with Gasteiger partial charge in [0.25, 0.3) is 0 Å². The zero-order valence-electron chi connectivity index (χ0n) is 8.16. The van der Waals surface area contributed by atoms with Gasteiger partial charge in [-0.2, -0.15) is 0 Å². The van der Waals surface area contributed by atoms with E-state index in [4.69, 9.17) is 4.74 Å². The molecule has 4 aliphatic heterocycles. The lowest BCUT2D eigenvalue weighted by Gasteiger charge is -2.50. The Morgan fingerprint density at radius 1 is 1.38 bits per heavy atom. The van der Waals surface area contributed by atoms with E-state index in [1.165, 1.54) is 38.2 Å². The molecular formula is C10H17NOS. The van der Waals surface area contributed by atoms with Crippen molar-refractivity contribution in [2.75, 3.05) is 25.4 Å². The van der Waals surface area contributed by atoms with Crippen LogP contribution in [0.2, 0.25) is 0 Å². The van der Waals surface area contributed by atoms with Crippen LogP contribution in [0.1, 0.15) is 19.8 Å². The van der Waals surface area contributed by atoms with Crippen LogP contribution in [0.5, 0.6) is 0 Å². The Balaban J connectivity index is 1.83. The van der Waals surface area contributed by atoms with Crippen molar-refractivity contribution in [1.29, 1.82) is 0 Å². The first kappa shape index (κ1) is 8.57. The van der Waals surface area contributed by atoms with E-state index < -0.39 is 0 Å². The van der Waals surface area contributed by atoms with Crippen LogP contribution in [0.25, 0.3) is 0 Å². The molecule has 4 rings (SSSR count). The lowest BCUT2D eigenvalue weighted by molar-refractivity contribution is -0.133. The Kier molecular flexibility index (Phi) is 1.90. The Morgan fingerprint density at radius 3 is 2.62 bits per heavy atom. The number of piperidine rings is 3. The van der Waals surface area contributed by atoms with Crippen LogP contribution in [-0.4, -0.2) is 41.3 Å². The minimum absolute atomic E-state index is 0.251. The van der Waals surface area contributed by atoms with Gasteiger partial charge >= 0.3 is 0 Å². The summed E-state index contributed by atoms with van der Waals surface area (Å²) in [5, 5.41) is 0. The minimum Gasteiger partial charge on any atom is -0.359 e. The summed E-state index contributed by atoms with van der Waals surface area (Å²) in [6.45, 7) is 6.02. The predicted molar refractivity (Wildman–Crippen MR) is 54.9 cm³/mol. The number of fused-ring (bicyclic) bond motifs is 2. The van der Waals surface area contributed by atoms with E-state index in [1.807, 2.05) is 11.8 Å². The smallest absolute Gasteiger partial charge is 0.101 e. The first-order valence-corrected chi connectivity index (χ1v) is 6.35. The van der Waals surface area contributed by atoms with Crippen LogP contribution < -0.4 is 0 Å². The topological polar surface area (TPSA) is 12.5 Å². The maximum absolute atomic E-state index is 6.14. The molecule has 1 unspecified atom stereocenters. The molecular weight excluding hydrogens is 182 g/mol. The Morgan fingerprint density at radius 2 is 2.15 bits per heavy atom. The first-order chi connectivity index (χ1) is 6.28. The van der Waals surface area contributed by atoms with Gasteiger partial charge in [-0.25, -0.2) is 0 Å². The van der Waals surface area contributed by atoms with Crippen molar-refractivity contribution < 1.29 is 4.74 Å². The monoisotopic (exact) mass is 199 g/mol. The second-order valence-corrected chi connectivity index (χ2v) is 5.90. The molecule has 4 fully saturated rings. The van der Waals surface area contributed by atoms with Gasteiger partial charge in [0.1, 0.15) is 5.44 Å². The molecule has 0 N–H and O–H groups in total. The van der Waals surface area contributed by atoms with Crippen LogP contribution >= 0.6 is 11.8 Å². The van der Waals surface area contributed by atoms with E-state index in [9.17, 15) is 0 Å². The summed E-state index contributed by atoms with van der Waals surface area (Å²) in [5.74, 6) is 2.09. The highest BCUT2D eigenvalue weighted by atomic mass is 32.2. The largest absolute Gasteiger partial charge is 0.359 e. The average Bonchev–Trinajstić information content (AvgIpc) is 2.49. The number of hydrogen-bond donors (Lipinski definition) is 0. The molecule has 1 spiro atoms. The third kappa shape index (κ3) is 1.24. The van der Waals surface area contributed by atoms with Crippen molar-refractivity contribution in [3.05, 3.63) is 0 Å². The normalized spacial score (nSPS) is 54.7. The van der Waals surface area contributed by atoms with Crippen LogP contribution in [0.15, 0.2) is 0 Å². The maximum atomic E-state index is 6.14. The number of hydrogen-bond acceptors (Lipinski definition) is 3. The summed E-state index contributed by atoms with van der Waals surface area (Å²) in [7, 11) is 0. The van der Waals surface area contributed by atoms with Gasteiger partial charge in [0.05, 0.1) is 5.60 Å². The zero-order valence-corrected chi connectivity index (χ0v) is 8.98. The molecule has 0 aromatic carbocycles. The van der Waals surface area contributed by atoms with Crippen LogP contribution in [0.3, 0.4) is 0 Å². The van der Waals surface area contributed by atoms with Gasteiger partial charge in [-0.05, 0) is 38.8 Å². The Labute approximate surface area is 84.0 Å². The molecule has 0 aromatic rings. The fourth-order valence-electron chi connectivity index (χ4n) is 3.08. The molecule has 0 radical (unpaired) electrons. The summed E-state index contributed by atoms with van der Waals surface area (Å²) in [6.07, 6.45) is 2.74. The van der Waals surface area contributed by atoms with Crippen molar-refractivity contribution in [2.45, 2.75) is 30.8 Å². The first-order valence-electron chi connectivity index (χ1n) is 5.30. The summed E-state index contributed by atoms with van der Waals surface area (Å²) in [5.41, 5.74) is 0.682. The molecule has 3 heteroatoms. The molecule has 0 amide bonds. The van der Waals surface area contributed by atoms with E-state index in [0.717, 1.165) is 5.92 Å². The molecule has 13 heavy (non-hydrogen) atoms. The SMILES string of the molecule is C[C@H]1OC2(CS1)CN1CCC2CC1. The van der Waals surface area contributed by atoms with Crippen molar-refractivity contribution in [2.24, 2.45) is 5.92 Å². The lowest BCUT2D eigenvalue weighted by Crippen LogP contribution is -2.60. The number of ether oxygens (including phenoxy) is 1. The van der Waals surface area contributed by atoms with Gasteiger partial charge in [-0.15, -0.1) is 11.8 Å². The average molecular weight is 199 g/mol. The summed E-state index contributed by atoms with van der Waals surface area (Å²) in [4.78, 5) is 2.58. The lowest BCUT2D eigenvalue weighted by atomic mass is 9.76. The second kappa shape index (κ2) is 2.88. The van der Waals surface area contributed by atoms with E-state index in [2.05, 4.69) is 11.8 Å². The molecule has 4 aliphatic rings. The van der Waals surface area contributed by atoms with Crippen molar-refractivity contribution >= 4 is 11.8 Å². The highest BCUT2D eigenvalue weighted by Gasteiger charge is 2.51. The van der Waals surface area contributed by atoms with Gasteiger partial charge < -0.3 is 9.64 Å². The molecule has 74 valence electrons. The molecule has 2 bridgehead atoms. The summed E-state index contributed by atoms with van der Waals surface area (Å²) < 4.78 is 6.14. The molecule has 4 heterocycles. The predicted octanol–water partition coefficient (Wildman–Crippen LogP) is 1.56. The Hall–Kier alpha value is 0.270. The van der Waals surface area contributed by atoms with Gasteiger partial charge in [0, 0.05) is 12.3 Å². The summed E-state index contributed by atoms with van der Waals surface area (Å²) in [6, 6.07) is 0. The zero-order chi connectivity index (χ0) is 8.89. The van der Waals surface area contributed by atoms with Crippen molar-refractivity contribution in [3.63, 3.8) is 0 Å². The molecule has 4 saturated heterocycles. The molecule has 2 atom stereocenters. The highest BCUT2D eigenvalue weighted by Crippen LogP contribution is 2.46. The highest BCUT2D eigenvalue weighted by molar-refractivity contribution is 8.00. The third-order valence-corrected chi connectivity index (χ3v) is 5.01. The Bertz CT molecular complexity index is 215. The third-order valence-electron chi connectivity index (χ3n) is 3.79. The molecule has 0 saturated carbocycles. The van der Waals surface area contributed by atoms with Crippen molar-refractivity contribution in [1.82, 2.24) is 4.90 Å². The maximum Gasteiger partial charge on any atom is 0.101 e. The summed E-state index contributed by atoms with van der Waals surface area (Å²) >= 11 is 1.99. The molecule has 0 aliphatic carbocycles. The number of thioether (sulfide) groups is 1. The van der Waals surface area contributed by atoms with Crippen molar-refractivity contribution in [3.8, 4) is 0 Å². The van der Waals surface area contributed by atoms with Gasteiger partial charge in [-0.3, -0.25) is 0 Å². The standard InChI is InChI=1S/C10H17NOS/c1-8-12-10(7-13-8)6-11-4-2-9(10)3-5-11/h8-9H,2-7H2,1H3/t8-,10?/m0/s1. The molecule has 2 nitrogen and oxygen atoms in total. The van der Waals surface area contributed by atoms with E-state index in [1.54, 1.807) is 0 Å². The van der Waals surface area contributed by atoms with E-state index in [0.29, 0.717) is 5.44 Å². The quantitative estimate of drug-likeness (QED) is 0.587. The second-order valence-electron chi connectivity index (χ2n) is 4.61. The fraction of sp³-hybridized carbons (Fsp3) is 1.00. The molecule has 0 aromatic heterocycles. The van der Waals surface area contributed by atoms with E-state index >= 15 is 0 Å². The van der Waals surface area contributed by atoms with Crippen LogP contribution in [-0.2, 0) is 4.74 Å². The van der Waals surface area contributed by atoms with Gasteiger partial charge in [0.15, 0.2) is 0 Å². The number of nitrogens with zero attached hydrogens (tertiary/aromatic N) is 1. The van der Waals surface area contributed by atoms with Gasteiger partial charge in [0.2, 0.25) is 0 Å². The fourth-order valence-corrected chi connectivity index (χ4v) is 4.25. The minimum atomic E-state index is 0.251.